The topological polar surface area (TPSA) is 52.9 Å². The molecule has 1 N–H and O–H groups in total. The van der Waals surface area contributed by atoms with E-state index in [9.17, 15) is 9.18 Å². The number of halogens is 2. The van der Waals surface area contributed by atoms with E-state index in [1.807, 2.05) is 0 Å². The Labute approximate surface area is 114 Å². The van der Waals surface area contributed by atoms with Crippen LogP contribution in [0.3, 0.4) is 0 Å². The molecule has 0 aliphatic heterocycles. The molecular weight excluding hydrogens is 267 g/mol. The van der Waals surface area contributed by atoms with Gasteiger partial charge in [0.15, 0.2) is 0 Å². The van der Waals surface area contributed by atoms with Crippen LogP contribution in [-0.4, -0.2) is 5.91 Å². The second-order valence-corrected chi connectivity index (χ2v) is 4.21. The Morgan fingerprint density at radius 3 is 2.74 bits per heavy atom. The minimum Gasteiger partial charge on any atom is -0.322 e. The maximum atomic E-state index is 13.1. The van der Waals surface area contributed by atoms with Crippen LogP contribution in [-0.2, 0) is 0 Å². The molecule has 0 fully saturated rings. The van der Waals surface area contributed by atoms with Gasteiger partial charge in [0.05, 0.1) is 5.56 Å². The summed E-state index contributed by atoms with van der Waals surface area (Å²) in [6.07, 6.45) is 0. The van der Waals surface area contributed by atoms with Gasteiger partial charge < -0.3 is 5.32 Å². The molecular formula is C14H8ClFN2O. The van der Waals surface area contributed by atoms with Crippen molar-refractivity contribution >= 4 is 23.2 Å². The van der Waals surface area contributed by atoms with E-state index in [1.165, 1.54) is 18.2 Å². The van der Waals surface area contributed by atoms with Crippen LogP contribution in [0.2, 0.25) is 5.02 Å². The minimum atomic E-state index is -0.622. The lowest BCUT2D eigenvalue weighted by atomic mass is 10.2. The van der Waals surface area contributed by atoms with Gasteiger partial charge in [0.1, 0.15) is 11.9 Å². The molecule has 0 saturated carbocycles. The van der Waals surface area contributed by atoms with Crippen LogP contribution in [0.1, 0.15) is 15.9 Å². The quantitative estimate of drug-likeness (QED) is 0.909. The fraction of sp³-hybridized carbons (Fsp3) is 0. The predicted molar refractivity (Wildman–Crippen MR) is 70.5 cm³/mol. The van der Waals surface area contributed by atoms with E-state index < -0.39 is 5.82 Å². The number of nitriles is 1. The van der Waals surface area contributed by atoms with Gasteiger partial charge in [-0.05, 0) is 36.4 Å². The van der Waals surface area contributed by atoms with E-state index in [-0.39, 0.29) is 11.5 Å². The first-order valence-electron chi connectivity index (χ1n) is 5.37. The SMILES string of the molecule is N#Cc1cc(NC(=O)c2cccc(Cl)c2)ccc1F. The maximum absolute atomic E-state index is 13.1. The summed E-state index contributed by atoms with van der Waals surface area (Å²) in [5.74, 6) is -0.999. The highest BCUT2D eigenvalue weighted by molar-refractivity contribution is 6.31. The Morgan fingerprint density at radius 1 is 1.26 bits per heavy atom. The second kappa shape index (κ2) is 5.51. The number of rotatable bonds is 2. The van der Waals surface area contributed by atoms with Crippen LogP contribution in [0, 0.1) is 17.1 Å². The van der Waals surface area contributed by atoms with Crippen molar-refractivity contribution in [3.8, 4) is 6.07 Å². The average molecular weight is 275 g/mol. The Bertz CT molecular complexity index is 679. The summed E-state index contributed by atoms with van der Waals surface area (Å²) in [4.78, 5) is 11.9. The molecule has 19 heavy (non-hydrogen) atoms. The molecule has 0 spiro atoms. The summed E-state index contributed by atoms with van der Waals surface area (Å²) in [7, 11) is 0. The number of carbonyl (C=O) groups is 1. The second-order valence-electron chi connectivity index (χ2n) is 3.77. The largest absolute Gasteiger partial charge is 0.322 e. The van der Waals surface area contributed by atoms with E-state index in [1.54, 1.807) is 24.3 Å². The lowest BCUT2D eigenvalue weighted by Crippen LogP contribution is -2.12. The van der Waals surface area contributed by atoms with Crippen molar-refractivity contribution in [2.45, 2.75) is 0 Å². The van der Waals surface area contributed by atoms with Crippen molar-refractivity contribution in [1.82, 2.24) is 0 Å². The highest BCUT2D eigenvalue weighted by atomic mass is 35.5. The van der Waals surface area contributed by atoms with Crippen LogP contribution < -0.4 is 5.32 Å². The first-order valence-corrected chi connectivity index (χ1v) is 5.74. The van der Waals surface area contributed by atoms with Crippen LogP contribution in [0.4, 0.5) is 10.1 Å². The Morgan fingerprint density at radius 2 is 2.05 bits per heavy atom. The van der Waals surface area contributed by atoms with Crippen molar-refractivity contribution < 1.29 is 9.18 Å². The standard InChI is InChI=1S/C14H8ClFN2O/c15-11-3-1-2-9(6-11)14(19)18-12-4-5-13(16)10(7-12)8-17/h1-7H,(H,18,19). The third-order valence-corrected chi connectivity index (χ3v) is 2.67. The summed E-state index contributed by atoms with van der Waals surface area (Å²) in [5.41, 5.74) is 0.613. The van der Waals surface area contributed by atoms with Gasteiger partial charge in [-0.15, -0.1) is 0 Å². The first kappa shape index (κ1) is 13.1. The van der Waals surface area contributed by atoms with Crippen molar-refractivity contribution in [2.24, 2.45) is 0 Å². The number of benzene rings is 2. The summed E-state index contributed by atoms with van der Waals surface area (Å²) in [6, 6.07) is 11.9. The minimum absolute atomic E-state index is 0.121. The molecule has 0 heterocycles. The molecule has 0 aliphatic rings. The monoisotopic (exact) mass is 274 g/mol. The molecule has 1 amide bonds. The lowest BCUT2D eigenvalue weighted by molar-refractivity contribution is 0.102. The van der Waals surface area contributed by atoms with Gasteiger partial charge >= 0.3 is 0 Å². The number of hydrogen-bond donors (Lipinski definition) is 1. The third kappa shape index (κ3) is 3.09. The molecule has 0 unspecified atom stereocenters. The highest BCUT2D eigenvalue weighted by Crippen LogP contribution is 2.16. The van der Waals surface area contributed by atoms with Gasteiger partial charge in [0.2, 0.25) is 0 Å². The molecule has 5 heteroatoms. The fourth-order valence-corrected chi connectivity index (χ4v) is 1.71. The van der Waals surface area contributed by atoms with Gasteiger partial charge in [-0.25, -0.2) is 4.39 Å². The molecule has 94 valence electrons. The number of hydrogen-bond acceptors (Lipinski definition) is 2. The zero-order chi connectivity index (χ0) is 13.8. The Kier molecular flexibility index (Phi) is 3.79. The number of amides is 1. The van der Waals surface area contributed by atoms with E-state index in [0.717, 1.165) is 6.07 Å². The molecule has 3 nitrogen and oxygen atoms in total. The predicted octanol–water partition coefficient (Wildman–Crippen LogP) is 3.60. The van der Waals surface area contributed by atoms with Crippen molar-refractivity contribution in [2.75, 3.05) is 5.32 Å². The molecule has 0 aliphatic carbocycles. The van der Waals surface area contributed by atoms with E-state index >= 15 is 0 Å². The summed E-state index contributed by atoms with van der Waals surface area (Å²) in [6.45, 7) is 0. The Hall–Kier alpha value is -2.38. The molecule has 0 bridgehead atoms. The van der Waals surface area contributed by atoms with Crippen molar-refractivity contribution in [3.63, 3.8) is 0 Å². The van der Waals surface area contributed by atoms with E-state index in [2.05, 4.69) is 5.32 Å². The first-order chi connectivity index (χ1) is 9.10. The summed E-state index contributed by atoms with van der Waals surface area (Å²) >= 11 is 5.79. The molecule has 0 radical (unpaired) electrons. The van der Waals surface area contributed by atoms with Gasteiger partial charge in [-0.3, -0.25) is 4.79 Å². The molecule has 2 rings (SSSR count). The number of anilines is 1. The molecule has 0 atom stereocenters. The molecule has 0 saturated heterocycles. The van der Waals surface area contributed by atoms with Gasteiger partial charge in [-0.1, -0.05) is 17.7 Å². The lowest BCUT2D eigenvalue weighted by Gasteiger charge is -2.06. The highest BCUT2D eigenvalue weighted by Gasteiger charge is 2.08. The van der Waals surface area contributed by atoms with Crippen molar-refractivity contribution in [1.29, 1.82) is 5.26 Å². The van der Waals surface area contributed by atoms with Crippen LogP contribution in [0.15, 0.2) is 42.5 Å². The number of nitrogens with one attached hydrogen (secondary N) is 1. The van der Waals surface area contributed by atoms with E-state index in [0.29, 0.717) is 16.3 Å². The van der Waals surface area contributed by atoms with E-state index in [4.69, 9.17) is 16.9 Å². The molecule has 0 aromatic heterocycles. The van der Waals surface area contributed by atoms with Crippen molar-refractivity contribution in [3.05, 3.63) is 64.4 Å². The summed E-state index contributed by atoms with van der Waals surface area (Å²) in [5, 5.41) is 11.7. The molecule has 2 aromatic rings. The number of nitrogens with zero attached hydrogens (tertiary/aromatic N) is 1. The van der Waals surface area contributed by atoms with Gasteiger partial charge in [-0.2, -0.15) is 5.26 Å². The Balaban J connectivity index is 2.22. The third-order valence-electron chi connectivity index (χ3n) is 2.43. The van der Waals surface area contributed by atoms with Crippen LogP contribution in [0.5, 0.6) is 0 Å². The number of carbonyl (C=O) groups excluding carboxylic acids is 1. The van der Waals surface area contributed by atoms with Crippen LogP contribution >= 0.6 is 11.6 Å². The van der Waals surface area contributed by atoms with Crippen LogP contribution in [0.25, 0.3) is 0 Å². The fourth-order valence-electron chi connectivity index (χ4n) is 1.52. The average Bonchev–Trinajstić information content (AvgIpc) is 2.41. The zero-order valence-electron chi connectivity index (χ0n) is 9.65. The van der Waals surface area contributed by atoms with Gasteiger partial charge in [0.25, 0.3) is 5.91 Å². The van der Waals surface area contributed by atoms with Gasteiger partial charge in [0, 0.05) is 16.3 Å². The molecule has 2 aromatic carbocycles. The normalized spacial score (nSPS) is 9.74. The smallest absolute Gasteiger partial charge is 0.255 e. The summed E-state index contributed by atoms with van der Waals surface area (Å²) < 4.78 is 13.1. The maximum Gasteiger partial charge on any atom is 0.255 e. The zero-order valence-corrected chi connectivity index (χ0v) is 10.4.